The first-order chi connectivity index (χ1) is 30.3. The number of carbonyl (C=O) groups excluding carboxylic acids is 2. The minimum Gasteiger partial charge on any atom is -0.456 e. The zero-order valence-electron chi connectivity index (χ0n) is 35.5. The van der Waals surface area contributed by atoms with Crippen LogP contribution >= 0.6 is 23.5 Å². The zero-order chi connectivity index (χ0) is 47.9. The van der Waals surface area contributed by atoms with E-state index in [9.17, 15) is 63.1 Å². The Labute approximate surface area is 401 Å². The van der Waals surface area contributed by atoms with Gasteiger partial charge >= 0.3 is 35.4 Å². The highest BCUT2D eigenvalue weighted by molar-refractivity contribution is 7.47. The smallest absolute Gasteiger partial charge is 0.456 e. The Kier molecular flexibility index (Phi) is 31.7. The van der Waals surface area contributed by atoms with E-state index in [0.717, 1.165) is 25.7 Å². The summed E-state index contributed by atoms with van der Waals surface area (Å²) < 4.78 is 64.5. The molecule has 1 aliphatic rings. The first kappa shape index (κ1) is 60.6. The highest BCUT2D eigenvalue weighted by atomic mass is 31.2. The molecular weight excluding hydrogens is 915 g/mol. The number of phosphoric acid groups is 3. The molecule has 1 aliphatic carbocycles. The minimum absolute atomic E-state index is 0. The molecule has 4 unspecified atom stereocenters. The van der Waals surface area contributed by atoms with Gasteiger partial charge in [-0.05, 0) is 89.3 Å². The molecule has 0 aliphatic heterocycles. The second kappa shape index (κ2) is 34.0. The molecule has 0 saturated heterocycles. The van der Waals surface area contributed by atoms with Gasteiger partial charge in [0.1, 0.15) is 43.2 Å². The summed E-state index contributed by atoms with van der Waals surface area (Å²) in [5, 5.41) is 31.7. The highest BCUT2D eigenvalue weighted by Crippen LogP contribution is 2.51. The number of unbranched alkanes of at least 4 members (excludes halogenated alkanes) is 12. The molecule has 0 aromatic carbocycles. The summed E-state index contributed by atoms with van der Waals surface area (Å²) >= 11 is 0. The number of terminal acetylenes is 1. The van der Waals surface area contributed by atoms with Crippen LogP contribution in [0.15, 0.2) is 0 Å². The Morgan fingerprint density at radius 3 is 1.42 bits per heavy atom. The van der Waals surface area contributed by atoms with Crippen molar-refractivity contribution in [3.63, 3.8) is 0 Å². The molecule has 0 heterocycles. The monoisotopic (exact) mass is 999 g/mol. The minimum atomic E-state index is -5.64. The molecule has 1 rings (SSSR count). The van der Waals surface area contributed by atoms with E-state index >= 15 is 0 Å². The van der Waals surface area contributed by atoms with Crippen molar-refractivity contribution in [2.75, 3.05) is 13.2 Å². The number of hydrogen-bond acceptors (Lipinski definition) is 15. The van der Waals surface area contributed by atoms with Gasteiger partial charge in [0, 0.05) is 33.7 Å². The number of carbonyl (C=O) groups is 2. The van der Waals surface area contributed by atoms with E-state index in [-0.39, 0.29) is 34.0 Å². The fourth-order valence-corrected chi connectivity index (χ4v) is 7.63. The van der Waals surface area contributed by atoms with Crippen molar-refractivity contribution in [1.82, 2.24) is 6.15 Å². The second-order valence-corrected chi connectivity index (χ2v) is 17.3. The van der Waals surface area contributed by atoms with E-state index < -0.39 is 91.3 Å². The van der Waals surface area contributed by atoms with E-state index in [1.807, 2.05) is 5.92 Å². The van der Waals surface area contributed by atoms with E-state index in [1.165, 1.54) is 44.9 Å². The molecule has 23 heteroatoms. The average Bonchev–Trinajstić information content (AvgIpc) is 3.22. The third-order valence-electron chi connectivity index (χ3n) is 8.39. The van der Waals surface area contributed by atoms with Crippen molar-refractivity contribution in [1.29, 1.82) is 0 Å². The molecule has 0 amide bonds. The normalized spacial score (nSPS) is 19.8. The molecule has 20 nitrogen and oxygen atoms in total. The van der Waals surface area contributed by atoms with Crippen molar-refractivity contribution in [2.45, 2.75) is 140 Å². The molecular formula is C42H84NO19P3. The van der Waals surface area contributed by atoms with Crippen LogP contribution in [0.3, 0.4) is 0 Å². The van der Waals surface area contributed by atoms with E-state index in [0.29, 0.717) is 12.8 Å². The number of ether oxygens (including phenoxy) is 2. The van der Waals surface area contributed by atoms with Crippen LogP contribution in [0.4, 0.5) is 0 Å². The maximum Gasteiger partial charge on any atom is 0.472 e. The average molecular weight is 1000 g/mol. The lowest BCUT2D eigenvalue weighted by atomic mass is 9.85. The standard InChI is InChI=1S/C42H51O19P3.H3N.15H2/c1-3-5-7-9-11-13-15-17-19-20-22-24-26-28-30-35(43)56-32-34(58-36(44)31-29-27-25-23-21-18-16-14-12-10-8-6-4-2)33-57-64(54,55)61-40-37(45)38(46)41(59-62(48,49)50)42(39(40)47)60-63(51,52)53;;;;;;;;;;;;;;;;/h1,34,37-42,45-47H,4,6,8,10,12,14,16,18,21,23,25,27,29,31-33H2,2H3,(H,54,55)(H2,48,49,50)(H2,51,52,53);1H3;15*1H/t34-,37?,38+,39-,40?,41+,42?;;;;;;;;;;;;;;;;/m1................/s1. The number of hydrogen-bond donors (Lipinski definition) is 9. The first-order valence-electron chi connectivity index (χ1n) is 19.8. The molecule has 386 valence electrons. The maximum atomic E-state index is 13.0. The van der Waals surface area contributed by atoms with Gasteiger partial charge in [0.2, 0.25) is 0 Å². The van der Waals surface area contributed by atoms with Crippen molar-refractivity contribution in [2.24, 2.45) is 0 Å². The van der Waals surface area contributed by atoms with Gasteiger partial charge < -0.3 is 55.4 Å². The van der Waals surface area contributed by atoms with E-state index in [2.05, 4.69) is 98.9 Å². The van der Waals surface area contributed by atoms with E-state index in [4.69, 9.17) is 24.9 Å². The van der Waals surface area contributed by atoms with Gasteiger partial charge in [0.05, 0.1) is 6.61 Å². The molecule has 11 N–H and O–H groups in total. The molecule has 0 spiro atoms. The summed E-state index contributed by atoms with van der Waals surface area (Å²) in [5.41, 5.74) is 0. The third kappa shape index (κ3) is 30.4. The Morgan fingerprint density at radius 2 is 0.969 bits per heavy atom. The van der Waals surface area contributed by atoms with Gasteiger partial charge in [-0.25, -0.2) is 18.5 Å². The molecule has 0 aromatic rings. The Morgan fingerprint density at radius 1 is 0.569 bits per heavy atom. The number of aliphatic hydroxyl groups is 3. The third-order valence-corrected chi connectivity index (χ3v) is 10.4. The largest absolute Gasteiger partial charge is 0.472 e. The quantitative estimate of drug-likeness (QED) is 0.0158. The summed E-state index contributed by atoms with van der Waals surface area (Å²) in [4.78, 5) is 72.5. The predicted octanol–water partition coefficient (Wildman–Crippen LogP) is 5.99. The summed E-state index contributed by atoms with van der Waals surface area (Å²) in [6, 6.07) is 0. The summed E-state index contributed by atoms with van der Waals surface area (Å²) in [6.07, 6.45) is 1.80. The van der Waals surface area contributed by atoms with Crippen molar-refractivity contribution < 1.29 is 112 Å². The molecule has 0 radical (unpaired) electrons. The topological polar surface area (TPSA) is 338 Å². The SMILES string of the molecule is C#CC#CC#CC#CC#CC#CC#CC#CC(=O)OC[C@H](COP(=O)(O)OC1C(O)[C@H](O)[C@H](OP(=O)(O)O)C(OP(=O)(O)O)[C@@H]1O)OC(=O)CCCCCCCCCCCCCCC.N.[HH].[HH].[HH].[HH].[HH].[HH].[HH].[HH].[HH].[HH].[HH].[HH].[HH].[HH].[HH]. The number of rotatable bonds is 26. The van der Waals surface area contributed by atoms with Gasteiger partial charge in [-0.1, -0.05) is 84.0 Å². The van der Waals surface area contributed by atoms with Crippen LogP contribution < -0.4 is 6.15 Å². The first-order valence-corrected chi connectivity index (χ1v) is 24.4. The van der Waals surface area contributed by atoms with Crippen LogP contribution in [-0.2, 0) is 50.9 Å². The lowest BCUT2D eigenvalue weighted by Gasteiger charge is -2.44. The van der Waals surface area contributed by atoms with Crippen molar-refractivity contribution in [3.05, 3.63) is 0 Å². The Hall–Kier alpha value is -4.41. The van der Waals surface area contributed by atoms with Crippen molar-refractivity contribution in [3.8, 4) is 95.2 Å². The molecule has 0 bridgehead atoms. The summed E-state index contributed by atoms with van der Waals surface area (Å²) in [6.45, 7) is 0.344. The highest BCUT2D eigenvalue weighted by Gasteiger charge is 2.56. The lowest BCUT2D eigenvalue weighted by Crippen LogP contribution is -2.65. The molecule has 1 saturated carbocycles. The second-order valence-electron chi connectivity index (χ2n) is 13.5. The van der Waals surface area contributed by atoms with Crippen LogP contribution in [0.1, 0.15) is 118 Å². The van der Waals surface area contributed by atoms with Gasteiger partial charge in [-0.3, -0.25) is 22.9 Å². The number of esters is 2. The molecule has 65 heavy (non-hydrogen) atoms. The maximum absolute atomic E-state index is 13.0. The fourth-order valence-electron chi connectivity index (χ4n) is 5.53. The zero-order valence-corrected chi connectivity index (χ0v) is 38.2. The van der Waals surface area contributed by atoms with Crippen LogP contribution in [0.25, 0.3) is 0 Å². The Balaban J connectivity index is -0.000000183. The number of phosphoric ester groups is 3. The van der Waals surface area contributed by atoms with Gasteiger partial charge in [0.15, 0.2) is 6.10 Å². The van der Waals surface area contributed by atoms with Gasteiger partial charge in [-0.2, -0.15) is 0 Å². The summed E-state index contributed by atoms with van der Waals surface area (Å²) in [5.74, 6) is 32.5. The van der Waals surface area contributed by atoms with Crippen LogP contribution in [0, 0.1) is 95.2 Å². The molecule has 8 atom stereocenters. The van der Waals surface area contributed by atoms with E-state index in [1.54, 1.807) is 0 Å². The fraction of sp³-hybridized carbons (Fsp3) is 0.571. The van der Waals surface area contributed by atoms with Crippen LogP contribution in [0.5, 0.6) is 0 Å². The predicted molar refractivity (Wildman–Crippen MR) is 264 cm³/mol. The summed E-state index contributed by atoms with van der Waals surface area (Å²) in [7, 11) is -16.8. The van der Waals surface area contributed by atoms with Gasteiger partial charge in [0.25, 0.3) is 0 Å². The van der Waals surface area contributed by atoms with Crippen molar-refractivity contribution >= 4 is 35.4 Å². The van der Waals surface area contributed by atoms with Gasteiger partial charge in [-0.15, -0.1) is 6.42 Å². The van der Waals surface area contributed by atoms with Crippen LogP contribution in [-0.4, -0.2) is 108 Å². The van der Waals surface area contributed by atoms with Crippen LogP contribution in [0.2, 0.25) is 0 Å². The Bertz CT molecular complexity index is 2230. The lowest BCUT2D eigenvalue weighted by molar-refractivity contribution is -0.213. The number of aliphatic hydroxyl groups excluding tert-OH is 3. The molecule has 1 fully saturated rings. The molecule has 0 aromatic heterocycles.